The number of aromatic nitrogens is 4. The summed E-state index contributed by atoms with van der Waals surface area (Å²) < 4.78 is 31.7. The van der Waals surface area contributed by atoms with Crippen LogP contribution in [-0.4, -0.2) is 18.7 Å². The van der Waals surface area contributed by atoms with Gasteiger partial charge in [-0.15, -0.1) is 0 Å². The minimum Gasteiger partial charge on any atom is -0.320 e. The molecule has 0 atom stereocenters. The molecule has 30 heavy (non-hydrogen) atoms. The predicted octanol–water partition coefficient (Wildman–Crippen LogP) is 3.09. The lowest BCUT2D eigenvalue weighted by molar-refractivity contribution is 0.566. The van der Waals surface area contributed by atoms with E-state index >= 15 is 0 Å². The van der Waals surface area contributed by atoms with Crippen molar-refractivity contribution in [1.82, 2.24) is 18.7 Å². The molecular weight excluding hydrogens is 390 g/mol. The first-order valence-corrected chi connectivity index (χ1v) is 9.73. The maximum atomic E-state index is 14.2. The van der Waals surface area contributed by atoms with Crippen LogP contribution >= 0.6 is 0 Å². The van der Waals surface area contributed by atoms with Gasteiger partial charge in [-0.3, -0.25) is 9.36 Å². The van der Waals surface area contributed by atoms with Gasteiger partial charge < -0.3 is 4.57 Å². The lowest BCUT2D eigenvalue weighted by Crippen LogP contribution is -2.40. The number of nitrogens with zero attached hydrogens (tertiary/aromatic N) is 4. The van der Waals surface area contributed by atoms with E-state index in [4.69, 9.17) is 0 Å². The topological polar surface area (TPSA) is 61.8 Å². The van der Waals surface area contributed by atoms with Crippen LogP contribution in [-0.2, 0) is 13.1 Å². The molecular formula is C22H18F2N4O2. The highest BCUT2D eigenvalue weighted by Gasteiger charge is 2.26. The summed E-state index contributed by atoms with van der Waals surface area (Å²) in [5.74, 6) is -0.526. The summed E-state index contributed by atoms with van der Waals surface area (Å²) >= 11 is 0. The molecule has 0 saturated heterocycles. The van der Waals surface area contributed by atoms with Crippen LogP contribution in [0.25, 0.3) is 16.9 Å². The zero-order valence-electron chi connectivity index (χ0n) is 16.0. The van der Waals surface area contributed by atoms with Crippen LogP contribution in [0.1, 0.15) is 18.4 Å². The fourth-order valence-electron chi connectivity index (χ4n) is 3.65. The Kier molecular flexibility index (Phi) is 4.34. The van der Waals surface area contributed by atoms with Crippen molar-refractivity contribution < 1.29 is 8.78 Å². The van der Waals surface area contributed by atoms with Crippen molar-refractivity contribution in [3.05, 3.63) is 92.9 Å². The third-order valence-electron chi connectivity index (χ3n) is 5.42. The molecule has 0 unspecified atom stereocenters. The summed E-state index contributed by atoms with van der Waals surface area (Å²) in [6.07, 6.45) is 3.36. The van der Waals surface area contributed by atoms with Crippen LogP contribution in [0.5, 0.6) is 0 Å². The Morgan fingerprint density at radius 3 is 2.43 bits per heavy atom. The average molecular weight is 408 g/mol. The van der Waals surface area contributed by atoms with Crippen LogP contribution in [0.3, 0.4) is 0 Å². The molecule has 8 heteroatoms. The standard InChI is InChI=1S/C22H18F2N4O2/c23-16-7-9-17(10-8-16)28-20-19(21(29)27(22(28)30)11-14-5-6-14)26(13-25-20)12-15-3-1-2-4-18(15)24/h1-4,7-10,13-14H,5-6,11-12H2. The van der Waals surface area contributed by atoms with Crippen molar-refractivity contribution in [2.24, 2.45) is 5.92 Å². The zero-order chi connectivity index (χ0) is 20.8. The summed E-state index contributed by atoms with van der Waals surface area (Å²) in [4.78, 5) is 30.7. The fraction of sp³-hybridized carbons (Fsp3) is 0.227. The molecule has 2 heterocycles. The molecule has 0 amide bonds. The van der Waals surface area contributed by atoms with Gasteiger partial charge in [0.15, 0.2) is 11.2 Å². The maximum Gasteiger partial charge on any atom is 0.337 e. The smallest absolute Gasteiger partial charge is 0.320 e. The van der Waals surface area contributed by atoms with E-state index in [2.05, 4.69) is 4.98 Å². The minimum atomic E-state index is -0.512. The van der Waals surface area contributed by atoms with Gasteiger partial charge >= 0.3 is 5.69 Å². The highest BCUT2D eigenvalue weighted by Crippen LogP contribution is 2.30. The monoisotopic (exact) mass is 408 g/mol. The van der Waals surface area contributed by atoms with Crippen molar-refractivity contribution >= 4 is 11.2 Å². The van der Waals surface area contributed by atoms with Gasteiger partial charge in [-0.05, 0) is 49.1 Å². The van der Waals surface area contributed by atoms with Crippen LogP contribution in [0.4, 0.5) is 8.78 Å². The van der Waals surface area contributed by atoms with E-state index in [1.165, 1.54) is 45.8 Å². The second-order valence-corrected chi connectivity index (χ2v) is 7.59. The lowest BCUT2D eigenvalue weighted by Gasteiger charge is -2.13. The number of halogens is 2. The first kappa shape index (κ1) is 18.5. The van der Waals surface area contributed by atoms with Gasteiger partial charge in [0.25, 0.3) is 5.56 Å². The number of imidazole rings is 1. The van der Waals surface area contributed by atoms with Crippen LogP contribution in [0.15, 0.2) is 64.4 Å². The number of rotatable bonds is 5. The lowest BCUT2D eigenvalue weighted by atomic mass is 10.2. The molecule has 1 aliphatic rings. The molecule has 0 N–H and O–H groups in total. The summed E-state index contributed by atoms with van der Waals surface area (Å²) in [6, 6.07) is 11.8. The van der Waals surface area contributed by atoms with Gasteiger partial charge in [0.2, 0.25) is 0 Å². The normalized spacial score (nSPS) is 13.8. The number of fused-ring (bicyclic) bond motifs is 1. The Morgan fingerprint density at radius 1 is 1.00 bits per heavy atom. The quantitative estimate of drug-likeness (QED) is 0.510. The number of hydrogen-bond acceptors (Lipinski definition) is 3. The molecule has 0 aliphatic heterocycles. The minimum absolute atomic E-state index is 0.101. The Bertz CT molecular complexity index is 1360. The summed E-state index contributed by atoms with van der Waals surface area (Å²) in [6.45, 7) is 0.420. The molecule has 0 spiro atoms. The van der Waals surface area contributed by atoms with Gasteiger partial charge in [-0.25, -0.2) is 23.1 Å². The van der Waals surface area contributed by atoms with Gasteiger partial charge in [-0.2, -0.15) is 0 Å². The second-order valence-electron chi connectivity index (χ2n) is 7.59. The average Bonchev–Trinajstić information content (AvgIpc) is 3.47. The molecule has 1 saturated carbocycles. The Labute approximate surface area is 169 Å². The Morgan fingerprint density at radius 2 is 1.73 bits per heavy atom. The van der Waals surface area contributed by atoms with Crippen LogP contribution in [0.2, 0.25) is 0 Å². The van der Waals surface area contributed by atoms with Gasteiger partial charge in [0.05, 0.1) is 18.6 Å². The third-order valence-corrected chi connectivity index (χ3v) is 5.42. The first-order valence-electron chi connectivity index (χ1n) is 9.73. The van der Waals surface area contributed by atoms with Crippen molar-refractivity contribution in [2.75, 3.05) is 0 Å². The van der Waals surface area contributed by atoms with E-state index in [1.807, 2.05) is 0 Å². The van der Waals surface area contributed by atoms with E-state index in [0.29, 0.717) is 17.8 Å². The predicted molar refractivity (Wildman–Crippen MR) is 108 cm³/mol. The molecule has 1 aliphatic carbocycles. The van der Waals surface area contributed by atoms with E-state index in [0.717, 1.165) is 12.8 Å². The van der Waals surface area contributed by atoms with Gasteiger partial charge in [0, 0.05) is 12.1 Å². The molecule has 0 radical (unpaired) electrons. The van der Waals surface area contributed by atoms with Crippen LogP contribution in [0, 0.1) is 17.6 Å². The molecule has 2 aromatic carbocycles. The van der Waals surface area contributed by atoms with E-state index in [9.17, 15) is 18.4 Å². The zero-order valence-corrected chi connectivity index (χ0v) is 16.0. The summed E-state index contributed by atoms with van der Waals surface area (Å²) in [5.41, 5.74) is 0.232. The molecule has 0 bridgehead atoms. The van der Waals surface area contributed by atoms with E-state index in [-0.39, 0.29) is 29.4 Å². The molecule has 5 rings (SSSR count). The van der Waals surface area contributed by atoms with Crippen molar-refractivity contribution in [1.29, 1.82) is 0 Å². The first-order chi connectivity index (χ1) is 14.5. The molecule has 6 nitrogen and oxygen atoms in total. The molecule has 2 aromatic heterocycles. The van der Waals surface area contributed by atoms with Crippen molar-refractivity contribution in [3.8, 4) is 5.69 Å². The van der Waals surface area contributed by atoms with Crippen molar-refractivity contribution in [3.63, 3.8) is 0 Å². The van der Waals surface area contributed by atoms with E-state index < -0.39 is 17.1 Å². The third kappa shape index (κ3) is 3.14. The largest absolute Gasteiger partial charge is 0.337 e. The Balaban J connectivity index is 1.76. The fourth-order valence-corrected chi connectivity index (χ4v) is 3.65. The Hall–Kier alpha value is -3.55. The number of benzene rings is 2. The summed E-state index contributed by atoms with van der Waals surface area (Å²) in [5, 5.41) is 0. The molecule has 4 aromatic rings. The summed E-state index contributed by atoms with van der Waals surface area (Å²) in [7, 11) is 0. The molecule has 152 valence electrons. The van der Waals surface area contributed by atoms with Crippen LogP contribution < -0.4 is 11.2 Å². The number of hydrogen-bond donors (Lipinski definition) is 0. The van der Waals surface area contributed by atoms with E-state index in [1.54, 1.807) is 22.8 Å². The highest BCUT2D eigenvalue weighted by atomic mass is 19.1. The molecule has 1 fully saturated rings. The second kappa shape index (κ2) is 7.05. The maximum absolute atomic E-state index is 14.2. The van der Waals surface area contributed by atoms with Crippen molar-refractivity contribution in [2.45, 2.75) is 25.9 Å². The SMILES string of the molecule is O=c1c2c(ncn2Cc2ccccc2F)n(-c2ccc(F)cc2)c(=O)n1CC1CC1. The highest BCUT2D eigenvalue weighted by molar-refractivity contribution is 5.72. The van der Waals surface area contributed by atoms with Gasteiger partial charge in [-0.1, -0.05) is 18.2 Å². The van der Waals surface area contributed by atoms with Gasteiger partial charge in [0.1, 0.15) is 11.6 Å².